The first kappa shape index (κ1) is 17.9. The Kier molecular flexibility index (Phi) is 4.63. The molecule has 6 nitrogen and oxygen atoms in total. The van der Waals surface area contributed by atoms with Crippen molar-refractivity contribution in [2.75, 3.05) is 4.90 Å². The van der Waals surface area contributed by atoms with Crippen LogP contribution in [0, 0.1) is 0 Å². The molecule has 0 bridgehead atoms. The second-order valence-corrected chi connectivity index (χ2v) is 6.58. The number of hydrogen-bond donors (Lipinski definition) is 1. The van der Waals surface area contributed by atoms with Gasteiger partial charge in [0.2, 0.25) is 5.95 Å². The lowest BCUT2D eigenvalue weighted by molar-refractivity contribution is -0.132. The molecule has 2 heterocycles. The Bertz CT molecular complexity index is 1080. The molecule has 0 saturated carbocycles. The Labute approximate surface area is 165 Å². The normalized spacial score (nSPS) is 18.5. The number of ketones is 1. The van der Waals surface area contributed by atoms with Crippen LogP contribution in [-0.4, -0.2) is 26.8 Å². The number of anilines is 1. The predicted octanol–water partition coefficient (Wildman–Crippen LogP) is 3.76. The van der Waals surface area contributed by atoms with E-state index < -0.39 is 17.7 Å². The lowest BCUT2D eigenvalue weighted by Gasteiger charge is -2.23. The fraction of sp³-hybridized carbons (Fsp3) is 0.0476. The number of aromatic nitrogens is 2. The molecule has 0 radical (unpaired) electrons. The van der Waals surface area contributed by atoms with E-state index in [-0.39, 0.29) is 17.3 Å². The monoisotopic (exact) mass is 391 g/mol. The van der Waals surface area contributed by atoms with E-state index in [9.17, 15) is 14.7 Å². The first-order valence-corrected chi connectivity index (χ1v) is 8.84. The first-order valence-electron chi connectivity index (χ1n) is 8.47. The zero-order chi connectivity index (χ0) is 19.7. The van der Waals surface area contributed by atoms with Gasteiger partial charge < -0.3 is 5.11 Å². The second-order valence-electron chi connectivity index (χ2n) is 6.14. The summed E-state index contributed by atoms with van der Waals surface area (Å²) in [5, 5.41) is 11.3. The van der Waals surface area contributed by atoms with Crippen molar-refractivity contribution in [3.05, 3.63) is 94.8 Å². The molecule has 138 valence electrons. The highest BCUT2D eigenvalue weighted by molar-refractivity contribution is 6.51. The molecule has 1 atom stereocenters. The van der Waals surface area contributed by atoms with Gasteiger partial charge in [-0.05, 0) is 23.8 Å². The first-order chi connectivity index (χ1) is 13.6. The summed E-state index contributed by atoms with van der Waals surface area (Å²) in [6.07, 6.45) is 2.96. The molecule has 28 heavy (non-hydrogen) atoms. The second kappa shape index (κ2) is 7.25. The van der Waals surface area contributed by atoms with Crippen LogP contribution in [0.5, 0.6) is 0 Å². The number of amides is 1. The lowest BCUT2D eigenvalue weighted by Crippen LogP contribution is -2.31. The topological polar surface area (TPSA) is 83.4 Å². The van der Waals surface area contributed by atoms with E-state index in [1.54, 1.807) is 60.7 Å². The Morgan fingerprint density at radius 2 is 1.68 bits per heavy atom. The van der Waals surface area contributed by atoms with Gasteiger partial charge in [0.15, 0.2) is 0 Å². The number of halogens is 1. The van der Waals surface area contributed by atoms with Gasteiger partial charge in [-0.25, -0.2) is 9.97 Å². The van der Waals surface area contributed by atoms with E-state index >= 15 is 0 Å². The molecular formula is C21H14ClN3O3. The maximum Gasteiger partial charge on any atom is 0.302 e. The summed E-state index contributed by atoms with van der Waals surface area (Å²) in [6.45, 7) is 0. The average molecular weight is 392 g/mol. The van der Waals surface area contributed by atoms with Crippen LogP contribution in [-0.2, 0) is 9.59 Å². The molecule has 1 N–H and O–H groups in total. The molecule has 1 amide bonds. The van der Waals surface area contributed by atoms with E-state index in [1.165, 1.54) is 17.3 Å². The summed E-state index contributed by atoms with van der Waals surface area (Å²) in [6, 6.07) is 16.1. The lowest BCUT2D eigenvalue weighted by atomic mass is 9.95. The van der Waals surface area contributed by atoms with Crippen LogP contribution in [0.2, 0.25) is 5.02 Å². The van der Waals surface area contributed by atoms with Crippen molar-refractivity contribution in [2.24, 2.45) is 0 Å². The van der Waals surface area contributed by atoms with Crippen LogP contribution >= 0.6 is 11.6 Å². The Morgan fingerprint density at radius 1 is 0.964 bits per heavy atom. The molecule has 4 rings (SSSR count). The van der Waals surface area contributed by atoms with Crippen LogP contribution in [0.15, 0.2) is 78.6 Å². The number of aliphatic hydroxyl groups excluding tert-OH is 1. The van der Waals surface area contributed by atoms with E-state index in [4.69, 9.17) is 11.6 Å². The van der Waals surface area contributed by atoms with Gasteiger partial charge >= 0.3 is 5.91 Å². The largest absolute Gasteiger partial charge is 0.507 e. The number of carbonyl (C=O) groups excluding carboxylic acids is 2. The van der Waals surface area contributed by atoms with Crippen LogP contribution in [0.25, 0.3) is 5.76 Å². The number of benzene rings is 2. The van der Waals surface area contributed by atoms with Gasteiger partial charge in [0.05, 0.1) is 11.6 Å². The highest BCUT2D eigenvalue weighted by Gasteiger charge is 2.48. The summed E-state index contributed by atoms with van der Waals surface area (Å²) in [5.74, 6) is -1.81. The predicted molar refractivity (Wildman–Crippen MR) is 105 cm³/mol. The van der Waals surface area contributed by atoms with E-state index in [2.05, 4.69) is 9.97 Å². The summed E-state index contributed by atoms with van der Waals surface area (Å²) in [5.41, 5.74) is 0.962. The summed E-state index contributed by atoms with van der Waals surface area (Å²) < 4.78 is 0. The fourth-order valence-corrected chi connectivity index (χ4v) is 3.40. The number of hydrogen-bond acceptors (Lipinski definition) is 5. The van der Waals surface area contributed by atoms with Crippen molar-refractivity contribution in [3.8, 4) is 0 Å². The minimum atomic E-state index is -0.902. The van der Waals surface area contributed by atoms with Crippen molar-refractivity contribution in [2.45, 2.75) is 6.04 Å². The Balaban J connectivity index is 1.96. The minimum Gasteiger partial charge on any atom is -0.507 e. The molecular weight excluding hydrogens is 378 g/mol. The molecule has 3 aromatic rings. The zero-order valence-electron chi connectivity index (χ0n) is 14.5. The molecule has 1 saturated heterocycles. The van der Waals surface area contributed by atoms with Gasteiger partial charge in [0, 0.05) is 23.0 Å². The van der Waals surface area contributed by atoms with Crippen molar-refractivity contribution in [3.63, 3.8) is 0 Å². The fourth-order valence-electron chi connectivity index (χ4n) is 3.20. The summed E-state index contributed by atoms with van der Waals surface area (Å²) in [4.78, 5) is 35.1. The SMILES string of the molecule is O=C1C(=O)N(c2ncccn2)[C@@H](c2cccc(Cl)c2)/C1=C(\O)c1ccccc1. The van der Waals surface area contributed by atoms with Gasteiger partial charge in [-0.2, -0.15) is 0 Å². The van der Waals surface area contributed by atoms with Crippen LogP contribution in [0.3, 0.4) is 0 Å². The van der Waals surface area contributed by atoms with Crippen molar-refractivity contribution in [1.82, 2.24) is 9.97 Å². The summed E-state index contributed by atoms with van der Waals surface area (Å²) in [7, 11) is 0. The third-order valence-electron chi connectivity index (χ3n) is 4.42. The van der Waals surface area contributed by atoms with Crippen molar-refractivity contribution in [1.29, 1.82) is 0 Å². The quantitative estimate of drug-likeness (QED) is 0.417. The number of aliphatic hydroxyl groups is 1. The van der Waals surface area contributed by atoms with Gasteiger partial charge in [-0.3, -0.25) is 14.5 Å². The number of rotatable bonds is 3. The number of carbonyl (C=O) groups is 2. The standard InChI is InChI=1S/C21H14ClN3O3/c22-15-9-4-8-14(12-15)17-16(18(26)13-6-2-1-3-7-13)19(27)20(28)25(17)21-23-10-5-11-24-21/h1-12,17,26H/b18-16+/t17-/m0/s1. The number of Topliss-reactive ketones (excluding diaryl/α,β-unsaturated/α-hetero) is 1. The van der Waals surface area contributed by atoms with E-state index in [0.29, 0.717) is 16.1 Å². The van der Waals surface area contributed by atoms with E-state index in [1.807, 2.05) is 0 Å². The smallest absolute Gasteiger partial charge is 0.302 e. The molecule has 1 aliphatic rings. The molecule has 0 spiro atoms. The van der Waals surface area contributed by atoms with Crippen LogP contribution < -0.4 is 4.90 Å². The maximum atomic E-state index is 12.9. The summed E-state index contributed by atoms with van der Waals surface area (Å²) >= 11 is 6.14. The average Bonchev–Trinajstić information content (AvgIpc) is 3.00. The molecule has 7 heteroatoms. The zero-order valence-corrected chi connectivity index (χ0v) is 15.2. The van der Waals surface area contributed by atoms with Gasteiger partial charge in [0.25, 0.3) is 5.78 Å². The maximum absolute atomic E-state index is 12.9. The molecule has 1 aromatic heterocycles. The minimum absolute atomic E-state index is 0.0362. The van der Waals surface area contributed by atoms with Crippen molar-refractivity contribution < 1.29 is 14.7 Å². The highest BCUT2D eigenvalue weighted by Crippen LogP contribution is 2.41. The third kappa shape index (κ3) is 3.04. The Hall–Kier alpha value is -3.51. The van der Waals surface area contributed by atoms with Crippen LogP contribution in [0.4, 0.5) is 5.95 Å². The molecule has 0 aliphatic carbocycles. The van der Waals surface area contributed by atoms with Crippen LogP contribution in [0.1, 0.15) is 17.2 Å². The molecule has 1 aliphatic heterocycles. The van der Waals surface area contributed by atoms with Gasteiger partial charge in [-0.1, -0.05) is 54.1 Å². The van der Waals surface area contributed by atoms with Crippen molar-refractivity contribution >= 4 is 35.0 Å². The van der Waals surface area contributed by atoms with Gasteiger partial charge in [-0.15, -0.1) is 0 Å². The van der Waals surface area contributed by atoms with Gasteiger partial charge in [0.1, 0.15) is 5.76 Å². The molecule has 2 aromatic carbocycles. The highest BCUT2D eigenvalue weighted by atomic mass is 35.5. The Morgan fingerprint density at radius 3 is 2.36 bits per heavy atom. The molecule has 1 fully saturated rings. The van der Waals surface area contributed by atoms with E-state index in [0.717, 1.165) is 0 Å². The third-order valence-corrected chi connectivity index (χ3v) is 4.66. The number of nitrogens with zero attached hydrogens (tertiary/aromatic N) is 3. The molecule has 0 unspecified atom stereocenters.